The minimum absolute atomic E-state index is 0.0771. The van der Waals surface area contributed by atoms with Crippen molar-refractivity contribution in [2.75, 3.05) is 0 Å². The SMILES string of the molecule is CCCCC(=CC(=Cc1ccc(OCc2ccc(OCc3ccccc3)cc2)cc1)C(=O)O)C(=O)O. The summed E-state index contributed by atoms with van der Waals surface area (Å²) in [7, 11) is 0. The average Bonchev–Trinajstić information content (AvgIpc) is 2.89. The van der Waals surface area contributed by atoms with Crippen LogP contribution < -0.4 is 9.47 Å². The van der Waals surface area contributed by atoms with Crippen LogP contribution in [-0.2, 0) is 22.8 Å². The van der Waals surface area contributed by atoms with E-state index in [1.165, 1.54) is 12.2 Å². The van der Waals surface area contributed by atoms with Gasteiger partial charge in [-0.1, -0.05) is 67.9 Å². The van der Waals surface area contributed by atoms with Crippen LogP contribution in [0.3, 0.4) is 0 Å². The number of hydrogen-bond donors (Lipinski definition) is 2. The quantitative estimate of drug-likeness (QED) is 0.211. The molecule has 0 aliphatic carbocycles. The molecule has 36 heavy (non-hydrogen) atoms. The van der Waals surface area contributed by atoms with E-state index in [4.69, 9.17) is 9.47 Å². The fourth-order valence-corrected chi connectivity index (χ4v) is 3.39. The van der Waals surface area contributed by atoms with Crippen LogP contribution >= 0.6 is 0 Å². The topological polar surface area (TPSA) is 93.1 Å². The van der Waals surface area contributed by atoms with Crippen LogP contribution in [0, 0.1) is 0 Å². The number of unbranched alkanes of at least 4 members (excludes halogenated alkanes) is 1. The molecule has 0 heterocycles. The Hall–Kier alpha value is -4.32. The van der Waals surface area contributed by atoms with Gasteiger partial charge < -0.3 is 19.7 Å². The van der Waals surface area contributed by atoms with E-state index in [-0.39, 0.29) is 11.1 Å². The van der Waals surface area contributed by atoms with E-state index in [0.29, 0.717) is 37.4 Å². The van der Waals surface area contributed by atoms with Crippen molar-refractivity contribution in [1.29, 1.82) is 0 Å². The summed E-state index contributed by atoms with van der Waals surface area (Å²) in [5.41, 5.74) is 2.73. The summed E-state index contributed by atoms with van der Waals surface area (Å²) in [6.45, 7) is 2.83. The van der Waals surface area contributed by atoms with Gasteiger partial charge in [-0.3, -0.25) is 0 Å². The van der Waals surface area contributed by atoms with Crippen LogP contribution in [0.25, 0.3) is 6.08 Å². The number of carbonyl (C=O) groups is 2. The molecule has 186 valence electrons. The van der Waals surface area contributed by atoms with Crippen molar-refractivity contribution >= 4 is 18.0 Å². The van der Waals surface area contributed by atoms with E-state index in [1.807, 2.05) is 61.5 Å². The highest BCUT2D eigenvalue weighted by Crippen LogP contribution is 2.20. The Morgan fingerprint density at radius 2 is 1.31 bits per heavy atom. The predicted octanol–water partition coefficient (Wildman–Crippen LogP) is 6.51. The lowest BCUT2D eigenvalue weighted by atomic mass is 10.0. The van der Waals surface area contributed by atoms with Crippen molar-refractivity contribution in [2.45, 2.75) is 39.4 Å². The van der Waals surface area contributed by atoms with Gasteiger partial charge in [-0.25, -0.2) is 9.59 Å². The number of benzene rings is 3. The van der Waals surface area contributed by atoms with Gasteiger partial charge in [-0.2, -0.15) is 0 Å². The van der Waals surface area contributed by atoms with Gasteiger partial charge in [0.05, 0.1) is 5.57 Å². The molecule has 0 aliphatic heterocycles. The Kier molecular flexibility index (Phi) is 9.89. The van der Waals surface area contributed by atoms with Gasteiger partial charge in [0.1, 0.15) is 24.7 Å². The number of hydrogen-bond acceptors (Lipinski definition) is 4. The van der Waals surface area contributed by atoms with E-state index in [1.54, 1.807) is 24.3 Å². The molecule has 0 saturated heterocycles. The summed E-state index contributed by atoms with van der Waals surface area (Å²) in [6, 6.07) is 24.6. The zero-order valence-electron chi connectivity index (χ0n) is 20.2. The first-order valence-electron chi connectivity index (χ1n) is 11.8. The first-order valence-corrected chi connectivity index (χ1v) is 11.8. The maximum absolute atomic E-state index is 11.7. The van der Waals surface area contributed by atoms with Gasteiger partial charge >= 0.3 is 11.9 Å². The second-order valence-corrected chi connectivity index (χ2v) is 8.26. The maximum Gasteiger partial charge on any atom is 0.335 e. The number of carboxylic acids is 2. The number of rotatable bonds is 13. The lowest BCUT2D eigenvalue weighted by molar-refractivity contribution is -0.133. The van der Waals surface area contributed by atoms with Crippen molar-refractivity contribution < 1.29 is 29.3 Å². The van der Waals surface area contributed by atoms with Crippen LogP contribution in [0.5, 0.6) is 11.5 Å². The van der Waals surface area contributed by atoms with Crippen LogP contribution in [0.4, 0.5) is 0 Å². The summed E-state index contributed by atoms with van der Waals surface area (Å²) in [5, 5.41) is 18.9. The van der Waals surface area contributed by atoms with E-state index >= 15 is 0 Å². The molecular weight excluding hydrogens is 456 g/mol. The molecule has 6 nitrogen and oxygen atoms in total. The molecule has 0 aliphatic rings. The molecule has 3 aromatic carbocycles. The second kappa shape index (κ2) is 13.5. The Labute approximate surface area is 211 Å². The van der Waals surface area contributed by atoms with Gasteiger partial charge in [0.25, 0.3) is 0 Å². The Morgan fingerprint density at radius 1 is 0.750 bits per heavy atom. The summed E-state index contributed by atoms with van der Waals surface area (Å²) in [4.78, 5) is 23.1. The fourth-order valence-electron chi connectivity index (χ4n) is 3.39. The van der Waals surface area contributed by atoms with Crippen LogP contribution in [0.1, 0.15) is 42.9 Å². The summed E-state index contributed by atoms with van der Waals surface area (Å²) >= 11 is 0. The minimum Gasteiger partial charge on any atom is -0.489 e. The van der Waals surface area contributed by atoms with Crippen LogP contribution in [0.15, 0.2) is 96.1 Å². The van der Waals surface area contributed by atoms with Gasteiger partial charge in [-0.15, -0.1) is 0 Å². The molecule has 0 aromatic heterocycles. The van der Waals surface area contributed by atoms with E-state index in [9.17, 15) is 19.8 Å². The molecule has 2 N–H and O–H groups in total. The standard InChI is InChI=1S/C30H30O6/c1-2-3-9-25(29(31)32)19-26(30(33)34)18-22-10-14-27(15-11-22)36-21-24-12-16-28(17-13-24)35-20-23-7-5-4-6-8-23/h4-8,10-19H,2-3,9,20-21H2,1H3,(H,31,32)(H,33,34). The summed E-state index contributed by atoms with van der Waals surface area (Å²) in [5.74, 6) is -0.863. The van der Waals surface area contributed by atoms with E-state index in [0.717, 1.165) is 23.3 Å². The third-order valence-electron chi connectivity index (χ3n) is 5.43. The predicted molar refractivity (Wildman–Crippen MR) is 139 cm³/mol. The molecular formula is C30H30O6. The highest BCUT2D eigenvalue weighted by atomic mass is 16.5. The zero-order chi connectivity index (χ0) is 25.8. The molecule has 0 saturated carbocycles. The largest absolute Gasteiger partial charge is 0.489 e. The molecule has 0 atom stereocenters. The van der Waals surface area contributed by atoms with Crippen molar-refractivity contribution in [3.05, 3.63) is 113 Å². The molecule has 0 radical (unpaired) electrons. The molecule has 6 heteroatoms. The molecule has 3 rings (SSSR count). The van der Waals surface area contributed by atoms with Crippen LogP contribution in [0.2, 0.25) is 0 Å². The third kappa shape index (κ3) is 8.47. The van der Waals surface area contributed by atoms with Crippen molar-refractivity contribution in [3.63, 3.8) is 0 Å². The van der Waals surface area contributed by atoms with E-state index < -0.39 is 11.9 Å². The Bertz CT molecular complexity index is 1190. The Morgan fingerprint density at radius 3 is 1.83 bits per heavy atom. The van der Waals surface area contributed by atoms with Gasteiger partial charge in [0.15, 0.2) is 0 Å². The molecule has 0 amide bonds. The number of carboxylic acid groups (broad SMARTS) is 2. The lowest BCUT2D eigenvalue weighted by Crippen LogP contribution is -2.05. The molecule has 0 unspecified atom stereocenters. The van der Waals surface area contributed by atoms with Crippen molar-refractivity contribution in [2.24, 2.45) is 0 Å². The van der Waals surface area contributed by atoms with Gasteiger partial charge in [0.2, 0.25) is 0 Å². The van der Waals surface area contributed by atoms with Gasteiger partial charge in [0, 0.05) is 5.57 Å². The minimum atomic E-state index is -1.18. The smallest absolute Gasteiger partial charge is 0.335 e. The van der Waals surface area contributed by atoms with E-state index in [2.05, 4.69) is 0 Å². The third-order valence-corrected chi connectivity index (χ3v) is 5.43. The molecule has 0 bridgehead atoms. The fraction of sp³-hybridized carbons (Fsp3) is 0.200. The first kappa shape index (κ1) is 26.3. The molecule has 0 fully saturated rings. The van der Waals surface area contributed by atoms with Crippen molar-refractivity contribution in [3.8, 4) is 11.5 Å². The van der Waals surface area contributed by atoms with Crippen LogP contribution in [-0.4, -0.2) is 22.2 Å². The first-order chi connectivity index (χ1) is 17.4. The molecule has 3 aromatic rings. The molecule has 0 spiro atoms. The highest BCUT2D eigenvalue weighted by molar-refractivity contribution is 5.98. The zero-order valence-corrected chi connectivity index (χ0v) is 20.2. The summed E-state index contributed by atoms with van der Waals surface area (Å²) < 4.78 is 11.6. The maximum atomic E-state index is 11.7. The lowest BCUT2D eigenvalue weighted by Gasteiger charge is -2.09. The highest BCUT2D eigenvalue weighted by Gasteiger charge is 2.12. The average molecular weight is 487 g/mol. The number of aliphatic carboxylic acids is 2. The number of ether oxygens (including phenoxy) is 2. The van der Waals surface area contributed by atoms with Crippen molar-refractivity contribution in [1.82, 2.24) is 0 Å². The monoisotopic (exact) mass is 486 g/mol. The second-order valence-electron chi connectivity index (χ2n) is 8.26. The Balaban J connectivity index is 1.58. The van der Waals surface area contributed by atoms with Gasteiger partial charge in [-0.05, 0) is 65.9 Å². The summed E-state index contributed by atoms with van der Waals surface area (Å²) in [6.07, 6.45) is 4.52. The normalized spacial score (nSPS) is 11.7.